The Balaban J connectivity index is 2.19. The van der Waals surface area contributed by atoms with E-state index in [2.05, 4.69) is 14.7 Å². The Morgan fingerprint density at radius 3 is 2.65 bits per heavy atom. The Morgan fingerprint density at radius 2 is 2.05 bits per heavy atom. The zero-order valence-electron chi connectivity index (χ0n) is 11.3. The second-order valence-corrected chi connectivity index (χ2v) is 7.02. The van der Waals surface area contributed by atoms with Crippen molar-refractivity contribution in [3.63, 3.8) is 0 Å². The summed E-state index contributed by atoms with van der Waals surface area (Å²) in [6, 6.07) is 0. The Morgan fingerprint density at radius 1 is 1.30 bits per heavy atom. The summed E-state index contributed by atoms with van der Waals surface area (Å²) in [5.41, 5.74) is 7.65. The molecule has 2 heterocycles. The molecule has 0 bridgehead atoms. The zero-order chi connectivity index (χ0) is 14.8. The molecule has 0 aromatic carbocycles. The summed E-state index contributed by atoms with van der Waals surface area (Å²) in [5.74, 6) is 0. The lowest BCUT2D eigenvalue weighted by molar-refractivity contribution is 0.579. The summed E-state index contributed by atoms with van der Waals surface area (Å²) in [6.45, 7) is 3.90. The molecule has 0 fully saturated rings. The fourth-order valence-electron chi connectivity index (χ4n) is 1.74. The maximum atomic E-state index is 12.3. The molecule has 0 aliphatic carbocycles. The van der Waals surface area contributed by atoms with Crippen LogP contribution in [0.1, 0.15) is 21.8 Å². The first-order valence-electron chi connectivity index (χ1n) is 5.98. The van der Waals surface area contributed by atoms with Crippen LogP contribution in [0.4, 0.5) is 0 Å². The molecule has 8 heteroatoms. The van der Waals surface area contributed by atoms with E-state index < -0.39 is 10.0 Å². The maximum absolute atomic E-state index is 12.3. The van der Waals surface area contributed by atoms with E-state index in [-0.39, 0.29) is 18.0 Å². The minimum Gasteiger partial charge on any atom is -0.326 e. The van der Waals surface area contributed by atoms with Crippen molar-refractivity contribution in [3.8, 4) is 0 Å². The van der Waals surface area contributed by atoms with Gasteiger partial charge in [0.25, 0.3) is 0 Å². The highest BCUT2D eigenvalue weighted by Crippen LogP contribution is 2.26. The molecule has 2 aromatic heterocycles. The summed E-state index contributed by atoms with van der Waals surface area (Å²) in [4.78, 5) is 9.13. The summed E-state index contributed by atoms with van der Waals surface area (Å²) in [6.07, 6.45) is 3.16. The number of hydrogen-bond acceptors (Lipinski definition) is 6. The van der Waals surface area contributed by atoms with Gasteiger partial charge in [0.2, 0.25) is 10.0 Å². The van der Waals surface area contributed by atoms with Crippen molar-refractivity contribution in [1.29, 1.82) is 0 Å². The van der Waals surface area contributed by atoms with E-state index in [4.69, 9.17) is 5.73 Å². The number of nitrogens with one attached hydrogen (secondary N) is 1. The molecule has 0 saturated heterocycles. The van der Waals surface area contributed by atoms with E-state index in [1.165, 1.54) is 11.3 Å². The van der Waals surface area contributed by atoms with Crippen molar-refractivity contribution < 1.29 is 8.42 Å². The normalized spacial score (nSPS) is 11.8. The third kappa shape index (κ3) is 3.21. The lowest BCUT2D eigenvalue weighted by Gasteiger charge is -2.08. The molecule has 20 heavy (non-hydrogen) atoms. The third-order valence-electron chi connectivity index (χ3n) is 2.72. The van der Waals surface area contributed by atoms with Gasteiger partial charge in [-0.1, -0.05) is 0 Å². The second-order valence-electron chi connectivity index (χ2n) is 4.35. The van der Waals surface area contributed by atoms with Crippen molar-refractivity contribution in [1.82, 2.24) is 14.7 Å². The molecule has 0 atom stereocenters. The minimum atomic E-state index is -3.59. The van der Waals surface area contributed by atoms with Gasteiger partial charge in [-0.3, -0.25) is 9.97 Å². The highest BCUT2D eigenvalue weighted by atomic mass is 32.2. The van der Waals surface area contributed by atoms with Crippen LogP contribution in [-0.2, 0) is 23.1 Å². The highest BCUT2D eigenvalue weighted by molar-refractivity contribution is 7.89. The van der Waals surface area contributed by atoms with Crippen LogP contribution in [0.15, 0.2) is 22.7 Å². The smallest absolute Gasteiger partial charge is 0.242 e. The largest absolute Gasteiger partial charge is 0.326 e. The standard InChI is InChI=1S/C12H16N4O2S2/c1-8-7-19-11(3-13)12(8)20(17,18)16-6-10-5-14-9(2)4-15-10/h4-5,7,16H,3,6,13H2,1-2H3. The minimum absolute atomic E-state index is 0.106. The van der Waals surface area contributed by atoms with Gasteiger partial charge in [-0.05, 0) is 24.8 Å². The molecule has 0 aliphatic rings. The second kappa shape index (κ2) is 5.96. The highest BCUT2D eigenvalue weighted by Gasteiger charge is 2.22. The van der Waals surface area contributed by atoms with Crippen LogP contribution in [0.5, 0.6) is 0 Å². The van der Waals surface area contributed by atoms with Crippen LogP contribution in [0, 0.1) is 13.8 Å². The lowest BCUT2D eigenvalue weighted by Crippen LogP contribution is -2.25. The average molecular weight is 312 g/mol. The van der Waals surface area contributed by atoms with Gasteiger partial charge >= 0.3 is 0 Å². The number of thiophene rings is 1. The number of rotatable bonds is 5. The molecule has 6 nitrogen and oxygen atoms in total. The summed E-state index contributed by atoms with van der Waals surface area (Å²) >= 11 is 1.35. The van der Waals surface area contributed by atoms with E-state index >= 15 is 0 Å². The summed E-state index contributed by atoms with van der Waals surface area (Å²) in [5, 5.41) is 1.79. The van der Waals surface area contributed by atoms with E-state index in [9.17, 15) is 8.42 Å². The quantitative estimate of drug-likeness (QED) is 0.861. The fraction of sp³-hybridized carbons (Fsp3) is 0.333. The lowest BCUT2D eigenvalue weighted by atomic mass is 10.3. The first kappa shape index (κ1) is 15.0. The van der Waals surface area contributed by atoms with Gasteiger partial charge in [-0.25, -0.2) is 13.1 Å². The van der Waals surface area contributed by atoms with Gasteiger partial charge in [0.05, 0.1) is 24.1 Å². The van der Waals surface area contributed by atoms with Crippen LogP contribution in [0.2, 0.25) is 0 Å². The van der Waals surface area contributed by atoms with Gasteiger partial charge in [0.1, 0.15) is 4.90 Å². The summed E-state index contributed by atoms with van der Waals surface area (Å²) in [7, 11) is -3.59. The topological polar surface area (TPSA) is 98.0 Å². The zero-order valence-corrected chi connectivity index (χ0v) is 12.9. The van der Waals surface area contributed by atoms with Gasteiger partial charge in [-0.2, -0.15) is 0 Å². The molecule has 2 aromatic rings. The van der Waals surface area contributed by atoms with E-state index in [1.54, 1.807) is 24.7 Å². The van der Waals surface area contributed by atoms with Crippen LogP contribution >= 0.6 is 11.3 Å². The predicted octanol–water partition coefficient (Wildman–Crippen LogP) is 1.09. The van der Waals surface area contributed by atoms with Crippen molar-refractivity contribution in [2.75, 3.05) is 0 Å². The molecular formula is C12H16N4O2S2. The number of aromatic nitrogens is 2. The number of hydrogen-bond donors (Lipinski definition) is 2. The van der Waals surface area contributed by atoms with Gasteiger partial charge < -0.3 is 5.73 Å². The van der Waals surface area contributed by atoms with E-state index in [1.807, 2.05) is 6.92 Å². The molecule has 3 N–H and O–H groups in total. The number of aryl methyl sites for hydroxylation is 2. The molecule has 0 amide bonds. The first-order chi connectivity index (χ1) is 9.44. The van der Waals surface area contributed by atoms with Crippen molar-refractivity contribution in [3.05, 3.63) is 39.6 Å². The van der Waals surface area contributed by atoms with Gasteiger partial charge in [-0.15, -0.1) is 11.3 Å². The van der Waals surface area contributed by atoms with Crippen LogP contribution in [0.3, 0.4) is 0 Å². The van der Waals surface area contributed by atoms with Gasteiger partial charge in [0, 0.05) is 17.6 Å². The van der Waals surface area contributed by atoms with E-state index in [0.717, 1.165) is 5.69 Å². The number of nitrogens with zero attached hydrogens (tertiary/aromatic N) is 2. The molecule has 0 radical (unpaired) electrons. The third-order valence-corrected chi connectivity index (χ3v) is 5.61. The summed E-state index contributed by atoms with van der Waals surface area (Å²) < 4.78 is 27.2. The molecule has 108 valence electrons. The SMILES string of the molecule is Cc1cnc(CNS(=O)(=O)c2c(C)csc2CN)cn1. The van der Waals surface area contributed by atoms with E-state index in [0.29, 0.717) is 16.1 Å². The van der Waals surface area contributed by atoms with Crippen molar-refractivity contribution >= 4 is 21.4 Å². The Labute approximate surface area is 122 Å². The van der Waals surface area contributed by atoms with Crippen LogP contribution in [-0.4, -0.2) is 18.4 Å². The maximum Gasteiger partial charge on any atom is 0.242 e. The van der Waals surface area contributed by atoms with Crippen LogP contribution < -0.4 is 10.5 Å². The Hall–Kier alpha value is -1.35. The molecule has 0 unspecified atom stereocenters. The number of nitrogens with two attached hydrogens (primary N) is 1. The van der Waals surface area contributed by atoms with Crippen LogP contribution in [0.25, 0.3) is 0 Å². The fourth-order valence-corrected chi connectivity index (χ4v) is 4.44. The Bertz CT molecular complexity index is 693. The molecule has 2 rings (SSSR count). The number of sulfonamides is 1. The molecule has 0 aliphatic heterocycles. The monoisotopic (exact) mass is 312 g/mol. The van der Waals surface area contributed by atoms with Crippen molar-refractivity contribution in [2.45, 2.75) is 31.8 Å². The van der Waals surface area contributed by atoms with Gasteiger partial charge in [0.15, 0.2) is 0 Å². The average Bonchev–Trinajstić information content (AvgIpc) is 2.80. The first-order valence-corrected chi connectivity index (χ1v) is 8.34. The Kier molecular flexibility index (Phi) is 4.48. The molecule has 0 saturated carbocycles. The molecule has 0 spiro atoms. The molecular weight excluding hydrogens is 296 g/mol. The predicted molar refractivity (Wildman–Crippen MR) is 77.7 cm³/mol. The van der Waals surface area contributed by atoms with Crippen molar-refractivity contribution in [2.24, 2.45) is 5.73 Å².